The fraction of sp³-hybridized carbons (Fsp3) is 0.0714. The van der Waals surface area contributed by atoms with E-state index >= 15 is 0 Å². The summed E-state index contributed by atoms with van der Waals surface area (Å²) >= 11 is 5.98. The fourth-order valence-electron chi connectivity index (χ4n) is 1.69. The van der Waals surface area contributed by atoms with Crippen LogP contribution < -0.4 is 11.1 Å². The molecule has 2 rings (SSSR count). The number of hydrogen-bond donors (Lipinski definition) is 2. The molecule has 3 N–H and O–H groups in total. The van der Waals surface area contributed by atoms with Crippen LogP contribution in [0.1, 0.15) is 15.9 Å². The Hall–Kier alpha value is -2.14. The molecule has 0 heterocycles. The molecular weight excluding hydrogens is 286 g/mol. The van der Waals surface area contributed by atoms with Gasteiger partial charge in [-0.05, 0) is 29.8 Å². The van der Waals surface area contributed by atoms with Crippen LogP contribution in [0.2, 0.25) is 5.02 Å². The Morgan fingerprint density at radius 3 is 2.40 bits per heavy atom. The fourth-order valence-corrected chi connectivity index (χ4v) is 1.94. The van der Waals surface area contributed by atoms with Crippen molar-refractivity contribution in [2.24, 2.45) is 5.73 Å². The quantitative estimate of drug-likeness (QED) is 0.909. The van der Waals surface area contributed by atoms with Gasteiger partial charge in [0.25, 0.3) is 0 Å². The summed E-state index contributed by atoms with van der Waals surface area (Å²) in [4.78, 5) is 11.0. The predicted octanol–water partition coefficient (Wildman–Crippen LogP) is 3.33. The third-order valence-corrected chi connectivity index (χ3v) is 3.11. The highest BCUT2D eigenvalue weighted by Crippen LogP contribution is 2.22. The summed E-state index contributed by atoms with van der Waals surface area (Å²) in [7, 11) is 0. The van der Waals surface area contributed by atoms with Crippen molar-refractivity contribution < 1.29 is 13.6 Å². The van der Waals surface area contributed by atoms with Gasteiger partial charge in [0.1, 0.15) is 17.3 Å². The van der Waals surface area contributed by atoms with E-state index in [9.17, 15) is 13.6 Å². The number of benzene rings is 2. The zero-order valence-electron chi connectivity index (χ0n) is 10.3. The van der Waals surface area contributed by atoms with Crippen molar-refractivity contribution in [2.45, 2.75) is 6.54 Å². The van der Waals surface area contributed by atoms with Gasteiger partial charge >= 0.3 is 0 Å². The van der Waals surface area contributed by atoms with Crippen LogP contribution in [-0.2, 0) is 6.54 Å². The summed E-state index contributed by atoms with van der Waals surface area (Å²) in [5.41, 5.74) is 5.78. The van der Waals surface area contributed by atoms with Gasteiger partial charge in [-0.3, -0.25) is 4.79 Å². The van der Waals surface area contributed by atoms with E-state index in [0.717, 1.165) is 12.1 Å². The Kier molecular flexibility index (Phi) is 4.20. The Morgan fingerprint density at radius 1 is 1.20 bits per heavy atom. The largest absolute Gasteiger partial charge is 0.376 e. The number of primary amides is 1. The molecule has 6 heteroatoms. The average Bonchev–Trinajstić information content (AvgIpc) is 2.39. The molecule has 0 unspecified atom stereocenters. The molecule has 20 heavy (non-hydrogen) atoms. The standard InChI is InChI=1S/C14H11ClF2N2O/c15-10-6-8(14(18)20)4-5-9(10)7-19-13-11(16)2-1-3-12(13)17/h1-6,19H,7H2,(H2,18,20). The van der Waals surface area contributed by atoms with Crippen molar-refractivity contribution in [3.05, 3.63) is 64.2 Å². The van der Waals surface area contributed by atoms with E-state index in [1.807, 2.05) is 0 Å². The highest BCUT2D eigenvalue weighted by molar-refractivity contribution is 6.31. The lowest BCUT2D eigenvalue weighted by molar-refractivity contribution is 0.100. The van der Waals surface area contributed by atoms with E-state index in [1.165, 1.54) is 18.2 Å². The normalized spacial score (nSPS) is 10.3. The smallest absolute Gasteiger partial charge is 0.248 e. The highest BCUT2D eigenvalue weighted by Gasteiger charge is 2.10. The topological polar surface area (TPSA) is 55.1 Å². The molecule has 2 aromatic carbocycles. The molecule has 0 saturated carbocycles. The number of carbonyl (C=O) groups excluding carboxylic acids is 1. The SMILES string of the molecule is NC(=O)c1ccc(CNc2c(F)cccc2F)c(Cl)c1. The van der Waals surface area contributed by atoms with Crippen LogP contribution in [0.3, 0.4) is 0 Å². The lowest BCUT2D eigenvalue weighted by Crippen LogP contribution is -2.11. The van der Waals surface area contributed by atoms with Crippen molar-refractivity contribution in [1.29, 1.82) is 0 Å². The van der Waals surface area contributed by atoms with Gasteiger partial charge in [-0.15, -0.1) is 0 Å². The van der Waals surface area contributed by atoms with Crippen molar-refractivity contribution in [3.63, 3.8) is 0 Å². The first-order valence-electron chi connectivity index (χ1n) is 5.75. The van der Waals surface area contributed by atoms with Crippen molar-refractivity contribution in [1.82, 2.24) is 0 Å². The van der Waals surface area contributed by atoms with Crippen LogP contribution in [0.15, 0.2) is 36.4 Å². The number of nitrogens with two attached hydrogens (primary N) is 1. The van der Waals surface area contributed by atoms with E-state index in [2.05, 4.69) is 5.32 Å². The van der Waals surface area contributed by atoms with E-state index < -0.39 is 17.5 Å². The molecule has 0 fully saturated rings. The maximum Gasteiger partial charge on any atom is 0.248 e. The number of para-hydroxylation sites is 1. The van der Waals surface area contributed by atoms with Crippen molar-refractivity contribution >= 4 is 23.2 Å². The first kappa shape index (κ1) is 14.3. The van der Waals surface area contributed by atoms with E-state index in [4.69, 9.17) is 17.3 Å². The van der Waals surface area contributed by atoms with E-state index in [-0.39, 0.29) is 17.8 Å². The third kappa shape index (κ3) is 3.05. The lowest BCUT2D eigenvalue weighted by atomic mass is 10.1. The summed E-state index contributed by atoms with van der Waals surface area (Å²) in [6, 6.07) is 8.09. The van der Waals surface area contributed by atoms with Crippen molar-refractivity contribution in [2.75, 3.05) is 5.32 Å². The maximum absolute atomic E-state index is 13.4. The lowest BCUT2D eigenvalue weighted by Gasteiger charge is -2.10. The summed E-state index contributed by atoms with van der Waals surface area (Å²) in [5.74, 6) is -1.96. The zero-order valence-corrected chi connectivity index (χ0v) is 11.0. The van der Waals surface area contributed by atoms with Crippen LogP contribution in [0.25, 0.3) is 0 Å². The molecule has 0 bridgehead atoms. The number of anilines is 1. The minimum atomic E-state index is -0.685. The Labute approximate surface area is 119 Å². The molecule has 3 nitrogen and oxygen atoms in total. The molecule has 0 spiro atoms. The van der Waals surface area contributed by atoms with Gasteiger partial charge in [-0.2, -0.15) is 0 Å². The van der Waals surface area contributed by atoms with Gasteiger partial charge in [0.05, 0.1) is 0 Å². The second-order valence-electron chi connectivity index (χ2n) is 4.12. The average molecular weight is 297 g/mol. The molecule has 0 atom stereocenters. The number of halogens is 3. The van der Waals surface area contributed by atoms with Gasteiger partial charge in [0, 0.05) is 17.1 Å². The Balaban J connectivity index is 2.17. The third-order valence-electron chi connectivity index (χ3n) is 2.76. The molecular formula is C14H11ClF2N2O. The number of carbonyl (C=O) groups is 1. The highest BCUT2D eigenvalue weighted by atomic mass is 35.5. The number of amides is 1. The van der Waals surface area contributed by atoms with Crippen LogP contribution in [0.5, 0.6) is 0 Å². The Bertz CT molecular complexity index is 641. The molecule has 0 saturated heterocycles. The first-order chi connectivity index (χ1) is 9.49. The molecule has 0 aliphatic heterocycles. The summed E-state index contributed by atoms with van der Waals surface area (Å²) in [5, 5.41) is 2.93. The minimum absolute atomic E-state index is 0.121. The number of hydrogen-bond acceptors (Lipinski definition) is 2. The molecule has 0 aliphatic rings. The van der Waals surface area contributed by atoms with E-state index in [0.29, 0.717) is 10.6 Å². The van der Waals surface area contributed by atoms with E-state index in [1.54, 1.807) is 6.07 Å². The molecule has 104 valence electrons. The van der Waals surface area contributed by atoms with Crippen LogP contribution in [0, 0.1) is 11.6 Å². The molecule has 2 aromatic rings. The molecule has 0 aromatic heterocycles. The Morgan fingerprint density at radius 2 is 1.85 bits per heavy atom. The van der Waals surface area contributed by atoms with Crippen LogP contribution in [-0.4, -0.2) is 5.91 Å². The predicted molar refractivity (Wildman–Crippen MR) is 73.7 cm³/mol. The van der Waals surface area contributed by atoms with Crippen molar-refractivity contribution in [3.8, 4) is 0 Å². The van der Waals surface area contributed by atoms with Gasteiger partial charge in [-0.25, -0.2) is 8.78 Å². The molecule has 1 amide bonds. The van der Waals surface area contributed by atoms with Crippen LogP contribution in [0.4, 0.5) is 14.5 Å². The number of rotatable bonds is 4. The maximum atomic E-state index is 13.4. The zero-order chi connectivity index (χ0) is 14.7. The first-order valence-corrected chi connectivity index (χ1v) is 6.13. The monoisotopic (exact) mass is 296 g/mol. The summed E-state index contributed by atoms with van der Waals surface area (Å²) in [6.07, 6.45) is 0. The molecule has 0 aliphatic carbocycles. The van der Waals surface area contributed by atoms with Gasteiger partial charge in [0.2, 0.25) is 5.91 Å². The summed E-state index contributed by atoms with van der Waals surface area (Å²) in [6.45, 7) is 0.121. The van der Waals surface area contributed by atoms with Gasteiger partial charge in [0.15, 0.2) is 0 Å². The van der Waals surface area contributed by atoms with Gasteiger partial charge in [-0.1, -0.05) is 23.7 Å². The minimum Gasteiger partial charge on any atom is -0.376 e. The second-order valence-corrected chi connectivity index (χ2v) is 4.53. The van der Waals surface area contributed by atoms with Crippen LogP contribution >= 0.6 is 11.6 Å². The van der Waals surface area contributed by atoms with Gasteiger partial charge < -0.3 is 11.1 Å². The number of nitrogens with one attached hydrogen (secondary N) is 1. The second kappa shape index (κ2) is 5.88. The molecule has 0 radical (unpaired) electrons. The summed E-state index contributed by atoms with van der Waals surface area (Å²) < 4.78 is 26.9.